The average molecular weight is 286 g/mol. The molecule has 0 unspecified atom stereocenters. The number of pyridine rings is 1. The lowest BCUT2D eigenvalue weighted by Crippen LogP contribution is -2.23. The summed E-state index contributed by atoms with van der Waals surface area (Å²) < 4.78 is 2.22. The maximum absolute atomic E-state index is 4.84. The average Bonchev–Trinajstić information content (AvgIpc) is 3.25. The van der Waals surface area contributed by atoms with E-state index in [0.29, 0.717) is 0 Å². The van der Waals surface area contributed by atoms with Gasteiger partial charge in [-0.3, -0.25) is 0 Å². The molecule has 21 heavy (non-hydrogen) atoms. The van der Waals surface area contributed by atoms with Crippen LogP contribution < -0.4 is 10.2 Å². The lowest BCUT2D eigenvalue weighted by molar-refractivity contribution is 0.662. The van der Waals surface area contributed by atoms with Crippen LogP contribution in [0.15, 0.2) is 24.4 Å². The molecule has 0 amide bonds. The monoisotopic (exact) mass is 286 g/mol. The highest BCUT2D eigenvalue weighted by molar-refractivity contribution is 5.55. The Balaban J connectivity index is 1.82. The summed E-state index contributed by atoms with van der Waals surface area (Å²) in [6.45, 7) is 4.23. The van der Waals surface area contributed by atoms with Crippen LogP contribution in [0.3, 0.4) is 0 Å². The second kappa shape index (κ2) is 6.48. The van der Waals surface area contributed by atoms with Gasteiger partial charge in [0, 0.05) is 32.4 Å². The third-order valence-electron chi connectivity index (χ3n) is 4.20. The zero-order valence-electron chi connectivity index (χ0n) is 13.2. The Labute approximate surface area is 127 Å². The third-order valence-corrected chi connectivity index (χ3v) is 4.20. The Morgan fingerprint density at radius 1 is 1.33 bits per heavy atom. The fraction of sp³-hybridized carbons (Fsp3) is 0.588. The molecule has 1 N–H and O–H groups in total. The number of anilines is 1. The molecule has 3 rings (SSSR count). The molecular formula is C17H26N4. The van der Waals surface area contributed by atoms with Crippen molar-refractivity contribution < 1.29 is 0 Å². The van der Waals surface area contributed by atoms with Crippen LogP contribution in [0.25, 0.3) is 5.65 Å². The molecule has 1 fully saturated rings. The number of nitrogens with one attached hydrogen (secondary N) is 1. The SMILES string of the molecule is CCCCCN(C)c1nc2ccccn2c1CNC1CC1. The predicted molar refractivity (Wildman–Crippen MR) is 87.8 cm³/mol. The van der Waals surface area contributed by atoms with Crippen molar-refractivity contribution in [2.75, 3.05) is 18.5 Å². The molecule has 0 aromatic carbocycles. The van der Waals surface area contributed by atoms with Gasteiger partial charge in [-0.2, -0.15) is 0 Å². The molecule has 0 radical (unpaired) electrons. The number of hydrogen-bond acceptors (Lipinski definition) is 3. The first-order chi connectivity index (χ1) is 10.3. The topological polar surface area (TPSA) is 32.6 Å². The van der Waals surface area contributed by atoms with E-state index < -0.39 is 0 Å². The van der Waals surface area contributed by atoms with Crippen molar-refractivity contribution in [3.8, 4) is 0 Å². The van der Waals surface area contributed by atoms with Crippen molar-refractivity contribution in [2.24, 2.45) is 0 Å². The smallest absolute Gasteiger partial charge is 0.152 e. The largest absolute Gasteiger partial charge is 0.358 e. The van der Waals surface area contributed by atoms with Crippen LogP contribution >= 0.6 is 0 Å². The second-order valence-corrected chi connectivity index (χ2v) is 6.09. The van der Waals surface area contributed by atoms with E-state index in [-0.39, 0.29) is 0 Å². The van der Waals surface area contributed by atoms with E-state index in [1.807, 2.05) is 0 Å². The van der Waals surface area contributed by atoms with Crippen LogP contribution in [0.4, 0.5) is 5.82 Å². The molecule has 0 saturated heterocycles. The maximum Gasteiger partial charge on any atom is 0.152 e. The predicted octanol–water partition coefficient (Wildman–Crippen LogP) is 3.21. The highest BCUT2D eigenvalue weighted by Crippen LogP contribution is 2.24. The molecule has 0 bridgehead atoms. The normalized spacial score (nSPS) is 14.8. The summed E-state index contributed by atoms with van der Waals surface area (Å²) in [7, 11) is 2.16. The van der Waals surface area contributed by atoms with Gasteiger partial charge in [0.25, 0.3) is 0 Å². The first-order valence-corrected chi connectivity index (χ1v) is 8.20. The van der Waals surface area contributed by atoms with Crippen molar-refractivity contribution in [1.82, 2.24) is 14.7 Å². The molecular weight excluding hydrogens is 260 g/mol. The van der Waals surface area contributed by atoms with Crippen molar-refractivity contribution in [3.63, 3.8) is 0 Å². The van der Waals surface area contributed by atoms with Gasteiger partial charge in [0.15, 0.2) is 5.82 Å². The van der Waals surface area contributed by atoms with Gasteiger partial charge in [0.05, 0.1) is 5.69 Å². The first-order valence-electron chi connectivity index (χ1n) is 8.20. The number of hydrogen-bond donors (Lipinski definition) is 1. The van der Waals surface area contributed by atoms with Crippen LogP contribution in [0.2, 0.25) is 0 Å². The van der Waals surface area contributed by atoms with E-state index >= 15 is 0 Å². The first kappa shape index (κ1) is 14.4. The molecule has 4 heteroatoms. The molecule has 0 spiro atoms. The van der Waals surface area contributed by atoms with E-state index in [2.05, 4.69) is 53.0 Å². The number of aromatic nitrogens is 2. The van der Waals surface area contributed by atoms with Gasteiger partial charge in [0.1, 0.15) is 5.65 Å². The van der Waals surface area contributed by atoms with Crippen molar-refractivity contribution in [3.05, 3.63) is 30.1 Å². The minimum atomic E-state index is 0.720. The molecule has 1 aliphatic carbocycles. The van der Waals surface area contributed by atoms with E-state index in [0.717, 1.165) is 30.6 Å². The van der Waals surface area contributed by atoms with Crippen LogP contribution in [0.1, 0.15) is 44.7 Å². The summed E-state index contributed by atoms with van der Waals surface area (Å²) in [4.78, 5) is 7.15. The summed E-state index contributed by atoms with van der Waals surface area (Å²) in [5.74, 6) is 1.13. The van der Waals surface area contributed by atoms with Gasteiger partial charge >= 0.3 is 0 Å². The number of nitrogens with zero attached hydrogens (tertiary/aromatic N) is 3. The second-order valence-electron chi connectivity index (χ2n) is 6.09. The molecule has 1 aliphatic rings. The van der Waals surface area contributed by atoms with Gasteiger partial charge < -0.3 is 14.6 Å². The fourth-order valence-electron chi connectivity index (χ4n) is 2.74. The molecule has 2 heterocycles. The molecule has 2 aromatic heterocycles. The number of unbranched alkanes of at least 4 members (excludes halogenated alkanes) is 2. The van der Waals surface area contributed by atoms with E-state index in [9.17, 15) is 0 Å². The molecule has 4 nitrogen and oxygen atoms in total. The number of rotatable bonds is 8. The molecule has 2 aromatic rings. The van der Waals surface area contributed by atoms with Crippen molar-refractivity contribution >= 4 is 11.5 Å². The third kappa shape index (κ3) is 3.38. The minimum Gasteiger partial charge on any atom is -0.358 e. The summed E-state index contributed by atoms with van der Waals surface area (Å²) in [5.41, 5.74) is 2.33. The quantitative estimate of drug-likeness (QED) is 0.756. The lowest BCUT2D eigenvalue weighted by Gasteiger charge is -2.18. The summed E-state index contributed by atoms with van der Waals surface area (Å²) >= 11 is 0. The standard InChI is InChI=1S/C17H26N4/c1-3-4-6-11-20(2)17-15(13-18-14-9-10-14)21-12-7-5-8-16(21)19-17/h5,7-8,12,14,18H,3-4,6,9-11,13H2,1-2H3. The van der Waals surface area contributed by atoms with Gasteiger partial charge in [-0.1, -0.05) is 25.8 Å². The Morgan fingerprint density at radius 3 is 2.95 bits per heavy atom. The summed E-state index contributed by atoms with van der Waals surface area (Å²) in [5, 5.41) is 3.63. The summed E-state index contributed by atoms with van der Waals surface area (Å²) in [6, 6.07) is 6.94. The lowest BCUT2D eigenvalue weighted by atomic mass is 10.2. The molecule has 0 aliphatic heterocycles. The van der Waals surface area contributed by atoms with Crippen molar-refractivity contribution in [2.45, 2.75) is 51.6 Å². The zero-order chi connectivity index (χ0) is 14.7. The van der Waals surface area contributed by atoms with E-state index in [1.54, 1.807) is 0 Å². The zero-order valence-corrected chi connectivity index (χ0v) is 13.2. The van der Waals surface area contributed by atoms with Crippen LogP contribution in [-0.4, -0.2) is 29.0 Å². The van der Waals surface area contributed by atoms with Gasteiger partial charge in [0.2, 0.25) is 0 Å². The van der Waals surface area contributed by atoms with E-state index in [4.69, 9.17) is 4.98 Å². The Bertz CT molecular complexity index is 585. The van der Waals surface area contributed by atoms with Crippen molar-refractivity contribution in [1.29, 1.82) is 0 Å². The van der Waals surface area contributed by atoms with Crippen LogP contribution in [-0.2, 0) is 6.54 Å². The van der Waals surface area contributed by atoms with Gasteiger partial charge in [-0.15, -0.1) is 0 Å². The highest BCUT2D eigenvalue weighted by Gasteiger charge is 2.22. The Kier molecular flexibility index (Phi) is 4.44. The van der Waals surface area contributed by atoms with Crippen LogP contribution in [0.5, 0.6) is 0 Å². The maximum atomic E-state index is 4.84. The van der Waals surface area contributed by atoms with Gasteiger partial charge in [-0.25, -0.2) is 4.98 Å². The molecule has 1 saturated carbocycles. The minimum absolute atomic E-state index is 0.720. The molecule has 114 valence electrons. The number of fused-ring (bicyclic) bond motifs is 1. The Morgan fingerprint density at radius 2 is 2.19 bits per heavy atom. The van der Waals surface area contributed by atoms with Gasteiger partial charge in [-0.05, 0) is 31.4 Å². The molecule has 0 atom stereocenters. The number of imidazole rings is 1. The fourth-order valence-corrected chi connectivity index (χ4v) is 2.74. The highest BCUT2D eigenvalue weighted by atomic mass is 15.2. The summed E-state index contributed by atoms with van der Waals surface area (Å²) in [6.07, 6.45) is 8.53. The Hall–Kier alpha value is -1.55. The van der Waals surface area contributed by atoms with E-state index in [1.165, 1.54) is 37.8 Å². The van der Waals surface area contributed by atoms with Crippen LogP contribution in [0, 0.1) is 0 Å².